The molecule has 0 saturated heterocycles. The Morgan fingerprint density at radius 1 is 1.50 bits per heavy atom. The van der Waals surface area contributed by atoms with E-state index in [0.717, 1.165) is 18.8 Å². The van der Waals surface area contributed by atoms with Gasteiger partial charge in [0.25, 0.3) is 0 Å². The van der Waals surface area contributed by atoms with E-state index in [-0.39, 0.29) is 12.1 Å². The lowest BCUT2D eigenvalue weighted by atomic mass is 9.97. The summed E-state index contributed by atoms with van der Waals surface area (Å²) in [6, 6.07) is 0. The predicted molar refractivity (Wildman–Crippen MR) is 56.0 cm³/mol. The van der Waals surface area contributed by atoms with E-state index in [9.17, 15) is 4.79 Å². The van der Waals surface area contributed by atoms with E-state index in [1.54, 1.807) is 0 Å². The minimum Gasteiger partial charge on any atom is -0.462 e. The van der Waals surface area contributed by atoms with Crippen LogP contribution in [0.25, 0.3) is 0 Å². The van der Waals surface area contributed by atoms with Crippen molar-refractivity contribution >= 4 is 17.6 Å². The van der Waals surface area contributed by atoms with Crippen LogP contribution in [0.2, 0.25) is 0 Å². The van der Waals surface area contributed by atoms with Crippen LogP contribution >= 0.6 is 11.6 Å². The molecule has 5 radical (unpaired) electrons. The summed E-state index contributed by atoms with van der Waals surface area (Å²) >= 11 is 5.60. The van der Waals surface area contributed by atoms with Gasteiger partial charge in [-0.1, -0.05) is 0 Å². The zero-order valence-corrected chi connectivity index (χ0v) is 8.96. The van der Waals surface area contributed by atoms with Gasteiger partial charge in [0, 0.05) is 18.7 Å². The molecule has 1 fully saturated rings. The molecule has 1 atom stereocenters. The van der Waals surface area contributed by atoms with Gasteiger partial charge in [-0.2, -0.15) is 0 Å². The van der Waals surface area contributed by atoms with Crippen LogP contribution in [0.1, 0.15) is 19.8 Å². The van der Waals surface area contributed by atoms with Crippen LogP contribution in [0.4, 0.5) is 0 Å². The predicted octanol–water partition coefficient (Wildman–Crippen LogP) is 2.34. The number of rotatable bonds is 5. The van der Waals surface area contributed by atoms with E-state index in [1.165, 1.54) is 6.92 Å². The van der Waals surface area contributed by atoms with Gasteiger partial charge in [0.15, 0.2) is 0 Å². The number of esters is 1. The van der Waals surface area contributed by atoms with Crippen molar-refractivity contribution in [2.75, 3.05) is 5.88 Å². The Bertz CT molecular complexity index is 176. The number of hydrogen-bond donors (Lipinski definition) is 0. The number of hydrogen-bond acceptors (Lipinski definition) is 2. The average Bonchev–Trinajstić information content (AvgIpc) is 2.64. The molecule has 0 amide bonds. The first kappa shape index (κ1) is 11.8. The zero-order chi connectivity index (χ0) is 10.4. The van der Waals surface area contributed by atoms with Gasteiger partial charge < -0.3 is 4.74 Å². The monoisotopic (exact) mass is 213 g/mol. The largest absolute Gasteiger partial charge is 0.462 e. The summed E-state index contributed by atoms with van der Waals surface area (Å²) in [6.45, 7) is 1.43. The summed E-state index contributed by atoms with van der Waals surface area (Å²) < 4.78 is 5.20. The summed E-state index contributed by atoms with van der Waals surface area (Å²) in [6.07, 6.45) is 9.29. The molecule has 0 spiro atoms. The van der Waals surface area contributed by atoms with E-state index in [0.29, 0.717) is 5.88 Å². The SMILES string of the molecule is CC(=O)O[C@H](CCCCl)[C]1[CH][CH][CH][CH]1. The third-order valence-electron chi connectivity index (χ3n) is 1.97. The molecule has 0 aromatic rings. The Morgan fingerprint density at radius 3 is 2.64 bits per heavy atom. The fraction of sp³-hybridized carbons (Fsp3) is 0.455. The van der Waals surface area contributed by atoms with E-state index in [2.05, 4.69) is 0 Å². The molecule has 1 aliphatic rings. The van der Waals surface area contributed by atoms with E-state index in [4.69, 9.17) is 16.3 Å². The van der Waals surface area contributed by atoms with Crippen molar-refractivity contribution in [1.29, 1.82) is 0 Å². The van der Waals surface area contributed by atoms with Crippen LogP contribution in [-0.2, 0) is 9.53 Å². The van der Waals surface area contributed by atoms with Crippen molar-refractivity contribution in [3.63, 3.8) is 0 Å². The quantitative estimate of drug-likeness (QED) is 0.518. The molecule has 1 aliphatic carbocycles. The molecule has 0 unspecified atom stereocenters. The van der Waals surface area contributed by atoms with Crippen LogP contribution < -0.4 is 0 Å². The van der Waals surface area contributed by atoms with Crippen LogP contribution in [0.15, 0.2) is 0 Å². The highest BCUT2D eigenvalue weighted by Crippen LogP contribution is 2.30. The maximum atomic E-state index is 10.9. The third-order valence-corrected chi connectivity index (χ3v) is 2.24. The van der Waals surface area contributed by atoms with Crippen LogP contribution in [0.3, 0.4) is 0 Å². The highest BCUT2D eigenvalue weighted by molar-refractivity contribution is 6.17. The van der Waals surface area contributed by atoms with E-state index >= 15 is 0 Å². The highest BCUT2D eigenvalue weighted by atomic mass is 35.5. The number of carbonyl (C=O) groups excluding carboxylic acids is 1. The first-order valence-electron chi connectivity index (χ1n) is 4.69. The van der Waals surface area contributed by atoms with Gasteiger partial charge >= 0.3 is 5.97 Å². The lowest BCUT2D eigenvalue weighted by Crippen LogP contribution is -2.23. The van der Waals surface area contributed by atoms with Gasteiger partial charge in [0.1, 0.15) is 6.10 Å². The summed E-state index contributed by atoms with van der Waals surface area (Å²) in [7, 11) is 0. The molecular weight excluding hydrogens is 200 g/mol. The van der Waals surface area contributed by atoms with E-state index in [1.807, 2.05) is 25.7 Å². The maximum Gasteiger partial charge on any atom is 0.302 e. The standard InChI is InChI=1S/C11H14ClO2/c1-9(13)14-11(7-4-8-12)10-5-2-3-6-10/h2-3,5-6,11H,4,7-8H2,1H3/t11-/m1/s1. The van der Waals surface area contributed by atoms with Crippen LogP contribution in [0, 0.1) is 31.6 Å². The lowest BCUT2D eigenvalue weighted by Gasteiger charge is -2.21. The first-order chi connectivity index (χ1) is 6.74. The molecule has 0 aromatic heterocycles. The fourth-order valence-electron chi connectivity index (χ4n) is 1.36. The molecule has 1 rings (SSSR count). The van der Waals surface area contributed by atoms with Gasteiger partial charge in [-0.3, -0.25) is 4.79 Å². The van der Waals surface area contributed by atoms with Crippen LogP contribution in [0.5, 0.6) is 0 Å². The molecule has 0 heterocycles. The Morgan fingerprint density at radius 2 is 2.14 bits per heavy atom. The minimum atomic E-state index is -0.245. The van der Waals surface area contributed by atoms with Crippen molar-refractivity contribution < 1.29 is 9.53 Å². The fourth-order valence-corrected chi connectivity index (χ4v) is 1.51. The first-order valence-corrected chi connectivity index (χ1v) is 5.22. The Balaban J connectivity index is 2.37. The Labute approximate surface area is 91.0 Å². The van der Waals surface area contributed by atoms with Gasteiger partial charge in [-0.15, -0.1) is 11.6 Å². The minimum absolute atomic E-state index is 0.138. The average molecular weight is 214 g/mol. The van der Waals surface area contributed by atoms with Crippen molar-refractivity contribution in [3.05, 3.63) is 31.6 Å². The summed E-state index contributed by atoms with van der Waals surface area (Å²) in [4.78, 5) is 10.9. The van der Waals surface area contributed by atoms with E-state index < -0.39 is 0 Å². The third kappa shape index (κ3) is 3.87. The van der Waals surface area contributed by atoms with Crippen molar-refractivity contribution in [2.45, 2.75) is 25.9 Å². The highest BCUT2D eigenvalue weighted by Gasteiger charge is 2.28. The number of alkyl halides is 1. The topological polar surface area (TPSA) is 26.3 Å². The van der Waals surface area contributed by atoms with Gasteiger partial charge in [0.05, 0.1) is 0 Å². The molecule has 1 saturated carbocycles. The summed E-state index contributed by atoms with van der Waals surface area (Å²) in [5, 5.41) is 0. The molecule has 0 bridgehead atoms. The van der Waals surface area contributed by atoms with Crippen molar-refractivity contribution in [1.82, 2.24) is 0 Å². The summed E-state index contributed by atoms with van der Waals surface area (Å²) in [5.41, 5.74) is 0. The molecule has 0 N–H and O–H groups in total. The number of halogens is 1. The molecule has 77 valence electrons. The lowest BCUT2D eigenvalue weighted by molar-refractivity contribution is -0.145. The zero-order valence-electron chi connectivity index (χ0n) is 8.20. The second-order valence-corrected chi connectivity index (χ2v) is 3.53. The smallest absolute Gasteiger partial charge is 0.302 e. The molecule has 2 nitrogen and oxygen atoms in total. The summed E-state index contributed by atoms with van der Waals surface area (Å²) in [5.74, 6) is 1.40. The van der Waals surface area contributed by atoms with Crippen molar-refractivity contribution in [2.24, 2.45) is 0 Å². The van der Waals surface area contributed by atoms with Gasteiger partial charge in [-0.05, 0) is 38.5 Å². The maximum absolute atomic E-state index is 10.9. The number of ether oxygens (including phenoxy) is 1. The molecular formula is C11H14ClO2. The van der Waals surface area contributed by atoms with Crippen LogP contribution in [-0.4, -0.2) is 18.0 Å². The van der Waals surface area contributed by atoms with Crippen molar-refractivity contribution in [3.8, 4) is 0 Å². The van der Waals surface area contributed by atoms with Gasteiger partial charge in [-0.25, -0.2) is 0 Å². The second-order valence-electron chi connectivity index (χ2n) is 3.15. The normalized spacial score (nSPS) is 19.6. The molecule has 0 aliphatic heterocycles. The number of carbonyl (C=O) groups is 1. The molecule has 0 aromatic carbocycles. The Kier molecular flexibility index (Phi) is 5.31. The Hall–Kier alpha value is -0.240. The molecule has 3 heteroatoms. The van der Waals surface area contributed by atoms with Gasteiger partial charge in [0.2, 0.25) is 0 Å². The second kappa shape index (κ2) is 6.28. The molecule has 14 heavy (non-hydrogen) atoms.